The van der Waals surface area contributed by atoms with Gasteiger partial charge in [-0.3, -0.25) is 0 Å². The Morgan fingerprint density at radius 1 is 1.05 bits per heavy atom. The van der Waals surface area contributed by atoms with Crippen molar-refractivity contribution in [1.82, 2.24) is 0 Å². The summed E-state index contributed by atoms with van der Waals surface area (Å²) in [5.41, 5.74) is 1.28. The highest BCUT2D eigenvalue weighted by atomic mass is 19.1. The van der Waals surface area contributed by atoms with E-state index in [1.54, 1.807) is 12.1 Å². The maximum absolute atomic E-state index is 13.6. The van der Waals surface area contributed by atoms with E-state index in [0.717, 1.165) is 5.56 Å². The van der Waals surface area contributed by atoms with Crippen LogP contribution in [0.15, 0.2) is 42.5 Å². The Morgan fingerprint density at radius 3 is 2.50 bits per heavy atom. The van der Waals surface area contributed by atoms with Gasteiger partial charge in [-0.15, -0.1) is 0 Å². The number of ether oxygens (including phenoxy) is 1. The van der Waals surface area contributed by atoms with Crippen LogP contribution in [0.3, 0.4) is 0 Å². The predicted molar refractivity (Wildman–Crippen MR) is 71.1 cm³/mol. The van der Waals surface area contributed by atoms with Gasteiger partial charge in [0.05, 0.1) is 0 Å². The van der Waals surface area contributed by atoms with E-state index >= 15 is 0 Å². The number of hydrogen-bond acceptors (Lipinski definition) is 2. The first-order valence-corrected chi connectivity index (χ1v) is 5.95. The smallest absolute Gasteiger partial charge is 0.165 e. The fraction of sp³-hybridized carbons (Fsp3) is 0.125. The SMILES string of the molecule is OCC#Cc1ccc(F)c(OCc2ccc(F)cc2)c1. The van der Waals surface area contributed by atoms with Crippen LogP contribution < -0.4 is 4.74 Å². The zero-order valence-corrected chi connectivity index (χ0v) is 10.6. The monoisotopic (exact) mass is 274 g/mol. The van der Waals surface area contributed by atoms with E-state index in [1.807, 2.05) is 0 Å². The van der Waals surface area contributed by atoms with Gasteiger partial charge in [-0.05, 0) is 35.9 Å². The third-order valence-electron chi connectivity index (χ3n) is 2.55. The van der Waals surface area contributed by atoms with Crippen molar-refractivity contribution in [2.24, 2.45) is 0 Å². The summed E-state index contributed by atoms with van der Waals surface area (Å²) < 4.78 is 31.7. The molecule has 0 aliphatic heterocycles. The van der Waals surface area contributed by atoms with E-state index < -0.39 is 5.82 Å². The summed E-state index contributed by atoms with van der Waals surface area (Å²) in [5, 5.41) is 8.62. The summed E-state index contributed by atoms with van der Waals surface area (Å²) in [6.07, 6.45) is 0. The fourth-order valence-corrected chi connectivity index (χ4v) is 1.58. The molecule has 0 radical (unpaired) electrons. The molecule has 1 N–H and O–H groups in total. The van der Waals surface area contributed by atoms with Crippen LogP contribution in [0.2, 0.25) is 0 Å². The standard InChI is InChI=1S/C16H12F2O2/c17-14-6-3-13(4-7-14)11-20-16-10-12(2-1-9-19)5-8-15(16)18/h3-8,10,19H,9,11H2. The van der Waals surface area contributed by atoms with Crippen LogP contribution in [0.1, 0.15) is 11.1 Å². The highest BCUT2D eigenvalue weighted by Crippen LogP contribution is 2.19. The molecule has 0 aliphatic rings. The normalized spacial score (nSPS) is 9.75. The van der Waals surface area contributed by atoms with Gasteiger partial charge in [-0.2, -0.15) is 0 Å². The van der Waals surface area contributed by atoms with Crippen molar-refractivity contribution in [3.8, 4) is 17.6 Å². The molecule has 0 unspecified atom stereocenters. The minimum Gasteiger partial charge on any atom is -0.486 e. The molecule has 2 aromatic rings. The molecule has 0 heterocycles. The van der Waals surface area contributed by atoms with Crippen LogP contribution in [0.4, 0.5) is 8.78 Å². The summed E-state index contributed by atoms with van der Waals surface area (Å²) in [6, 6.07) is 9.99. The minimum atomic E-state index is -0.498. The van der Waals surface area contributed by atoms with Crippen molar-refractivity contribution < 1.29 is 18.6 Å². The summed E-state index contributed by atoms with van der Waals surface area (Å²) >= 11 is 0. The quantitative estimate of drug-likeness (QED) is 0.872. The second kappa shape index (κ2) is 6.69. The Labute approximate surface area is 115 Å². The van der Waals surface area contributed by atoms with Gasteiger partial charge in [0.25, 0.3) is 0 Å². The number of aliphatic hydroxyl groups is 1. The molecule has 0 atom stereocenters. The third-order valence-corrected chi connectivity index (χ3v) is 2.55. The van der Waals surface area contributed by atoms with Crippen LogP contribution in [0.25, 0.3) is 0 Å². The summed E-state index contributed by atoms with van der Waals surface area (Å²) in [4.78, 5) is 0. The number of rotatable bonds is 3. The molecule has 102 valence electrons. The Hall–Kier alpha value is -2.38. The second-order valence-corrected chi connectivity index (χ2v) is 4.02. The molecular formula is C16H12F2O2. The molecule has 2 rings (SSSR count). The molecule has 20 heavy (non-hydrogen) atoms. The fourth-order valence-electron chi connectivity index (χ4n) is 1.58. The lowest BCUT2D eigenvalue weighted by Gasteiger charge is -2.07. The topological polar surface area (TPSA) is 29.5 Å². The largest absolute Gasteiger partial charge is 0.486 e. The van der Waals surface area contributed by atoms with Gasteiger partial charge in [0.1, 0.15) is 19.0 Å². The van der Waals surface area contributed by atoms with Crippen molar-refractivity contribution in [2.45, 2.75) is 6.61 Å². The Balaban J connectivity index is 2.10. The van der Waals surface area contributed by atoms with Gasteiger partial charge >= 0.3 is 0 Å². The molecule has 0 saturated carbocycles. The van der Waals surface area contributed by atoms with Gasteiger partial charge in [0.2, 0.25) is 0 Å². The summed E-state index contributed by atoms with van der Waals surface area (Å²) in [5.74, 6) is 4.39. The molecule has 0 spiro atoms. The molecule has 0 amide bonds. The zero-order valence-electron chi connectivity index (χ0n) is 10.6. The van der Waals surface area contributed by atoms with Gasteiger partial charge in [-0.1, -0.05) is 24.0 Å². The number of halogens is 2. The molecule has 0 saturated heterocycles. The first-order valence-electron chi connectivity index (χ1n) is 5.95. The maximum atomic E-state index is 13.6. The lowest BCUT2D eigenvalue weighted by molar-refractivity contribution is 0.290. The highest BCUT2D eigenvalue weighted by Gasteiger charge is 2.04. The van der Waals surface area contributed by atoms with Crippen molar-refractivity contribution in [3.63, 3.8) is 0 Å². The number of hydrogen-bond donors (Lipinski definition) is 1. The van der Waals surface area contributed by atoms with Crippen LogP contribution in [0, 0.1) is 23.5 Å². The van der Waals surface area contributed by atoms with Crippen LogP contribution >= 0.6 is 0 Å². The summed E-state index contributed by atoms with van der Waals surface area (Å²) in [7, 11) is 0. The highest BCUT2D eigenvalue weighted by molar-refractivity contribution is 5.40. The van der Waals surface area contributed by atoms with Crippen LogP contribution in [-0.2, 0) is 6.61 Å². The maximum Gasteiger partial charge on any atom is 0.165 e. The van der Waals surface area contributed by atoms with Crippen LogP contribution in [-0.4, -0.2) is 11.7 Å². The van der Waals surface area contributed by atoms with E-state index in [9.17, 15) is 8.78 Å². The molecule has 0 aromatic heterocycles. The van der Waals surface area contributed by atoms with Gasteiger partial charge < -0.3 is 9.84 Å². The average molecular weight is 274 g/mol. The van der Waals surface area contributed by atoms with Gasteiger partial charge in [-0.25, -0.2) is 8.78 Å². The number of aliphatic hydroxyl groups excluding tert-OH is 1. The lowest BCUT2D eigenvalue weighted by atomic mass is 10.2. The van der Waals surface area contributed by atoms with E-state index in [2.05, 4.69) is 11.8 Å². The molecule has 4 heteroatoms. The molecule has 2 aromatic carbocycles. The van der Waals surface area contributed by atoms with E-state index in [0.29, 0.717) is 5.56 Å². The van der Waals surface area contributed by atoms with Gasteiger partial charge in [0.15, 0.2) is 11.6 Å². The molecule has 0 bridgehead atoms. The van der Waals surface area contributed by atoms with Crippen molar-refractivity contribution in [2.75, 3.05) is 6.61 Å². The average Bonchev–Trinajstić information content (AvgIpc) is 2.46. The van der Waals surface area contributed by atoms with E-state index in [4.69, 9.17) is 9.84 Å². The molecular weight excluding hydrogens is 262 g/mol. The lowest BCUT2D eigenvalue weighted by Crippen LogP contribution is -1.98. The molecule has 2 nitrogen and oxygen atoms in total. The first-order chi connectivity index (χ1) is 9.69. The Kier molecular flexibility index (Phi) is 4.70. The van der Waals surface area contributed by atoms with Gasteiger partial charge in [0, 0.05) is 5.56 Å². The van der Waals surface area contributed by atoms with Crippen molar-refractivity contribution in [3.05, 3.63) is 65.2 Å². The summed E-state index contributed by atoms with van der Waals surface area (Å²) in [6.45, 7) is -0.128. The van der Waals surface area contributed by atoms with E-state index in [-0.39, 0.29) is 24.8 Å². The Bertz CT molecular complexity index is 640. The third kappa shape index (κ3) is 3.81. The minimum absolute atomic E-state index is 0.0686. The number of benzene rings is 2. The van der Waals surface area contributed by atoms with E-state index in [1.165, 1.54) is 30.3 Å². The predicted octanol–water partition coefficient (Wildman–Crippen LogP) is 2.89. The molecule has 0 fully saturated rings. The molecule has 0 aliphatic carbocycles. The zero-order chi connectivity index (χ0) is 14.4. The second-order valence-electron chi connectivity index (χ2n) is 4.02. The Morgan fingerprint density at radius 2 is 1.80 bits per heavy atom. The first kappa shape index (κ1) is 14.0. The van der Waals surface area contributed by atoms with Crippen LogP contribution in [0.5, 0.6) is 5.75 Å². The van der Waals surface area contributed by atoms with Crippen molar-refractivity contribution >= 4 is 0 Å². The van der Waals surface area contributed by atoms with Crippen molar-refractivity contribution in [1.29, 1.82) is 0 Å².